The molecule has 0 bridgehead atoms. The Balaban J connectivity index is 2.29. The van der Waals surface area contributed by atoms with E-state index in [1.165, 1.54) is 0 Å². The quantitative estimate of drug-likeness (QED) is 0.837. The summed E-state index contributed by atoms with van der Waals surface area (Å²) in [6, 6.07) is 5.75. The van der Waals surface area contributed by atoms with Crippen molar-refractivity contribution < 1.29 is 14.3 Å². The Kier molecular flexibility index (Phi) is 4.10. The van der Waals surface area contributed by atoms with Crippen molar-refractivity contribution in [2.75, 3.05) is 27.8 Å². The molecule has 0 aromatic heterocycles. The van der Waals surface area contributed by atoms with Crippen LogP contribution in [0.15, 0.2) is 23.9 Å². The molecule has 1 aliphatic rings. The Morgan fingerprint density at radius 1 is 1.21 bits per heavy atom. The molecule has 1 fully saturated rings. The molecule has 4 nitrogen and oxygen atoms in total. The van der Waals surface area contributed by atoms with Crippen molar-refractivity contribution in [1.82, 2.24) is 4.90 Å². The average Bonchev–Trinajstić information content (AvgIpc) is 2.42. The predicted molar refractivity (Wildman–Crippen MR) is 74.4 cm³/mol. The normalized spacial score (nSPS) is 17.7. The second-order valence-corrected chi connectivity index (χ2v) is 4.64. The van der Waals surface area contributed by atoms with Gasteiger partial charge in [-0.25, -0.2) is 0 Å². The number of carbonyl (C=O) groups is 1. The molecule has 102 valence electrons. The third-order valence-corrected chi connectivity index (χ3v) is 3.34. The Labute approximate surface area is 113 Å². The summed E-state index contributed by atoms with van der Waals surface area (Å²) >= 11 is 0. The highest BCUT2D eigenvalue weighted by Crippen LogP contribution is 2.29. The summed E-state index contributed by atoms with van der Waals surface area (Å²) in [6.07, 6.45) is 3.17. The van der Waals surface area contributed by atoms with Gasteiger partial charge in [-0.1, -0.05) is 6.07 Å². The molecule has 1 aromatic carbocycles. The maximum Gasteiger partial charge on any atom is 0.161 e. The van der Waals surface area contributed by atoms with Gasteiger partial charge in [-0.3, -0.25) is 4.79 Å². The van der Waals surface area contributed by atoms with Crippen molar-refractivity contribution in [3.63, 3.8) is 0 Å². The summed E-state index contributed by atoms with van der Waals surface area (Å²) in [5.74, 6) is 1.70. The van der Waals surface area contributed by atoms with Gasteiger partial charge in [0.1, 0.15) is 5.78 Å². The molecule has 0 saturated carbocycles. The molecule has 0 N–H and O–H groups in total. The zero-order valence-corrected chi connectivity index (χ0v) is 11.6. The van der Waals surface area contributed by atoms with Crippen LogP contribution in [0.5, 0.6) is 11.5 Å². The van der Waals surface area contributed by atoms with Crippen LogP contribution in [0.25, 0.3) is 6.08 Å². The molecular formula is C15H19NO3. The molecule has 1 heterocycles. The highest BCUT2D eigenvalue weighted by atomic mass is 16.5. The maximum atomic E-state index is 11.5. The van der Waals surface area contributed by atoms with Crippen molar-refractivity contribution in [2.24, 2.45) is 0 Å². The van der Waals surface area contributed by atoms with E-state index in [1.807, 2.05) is 31.3 Å². The van der Waals surface area contributed by atoms with Crippen LogP contribution in [0, 0.1) is 0 Å². The zero-order valence-electron chi connectivity index (χ0n) is 11.6. The lowest BCUT2D eigenvalue weighted by Gasteiger charge is -2.26. The van der Waals surface area contributed by atoms with Crippen molar-refractivity contribution in [2.45, 2.75) is 12.8 Å². The third kappa shape index (κ3) is 3.08. The molecule has 2 rings (SSSR count). The highest BCUT2D eigenvalue weighted by molar-refractivity contribution is 5.83. The topological polar surface area (TPSA) is 38.8 Å². The van der Waals surface area contributed by atoms with Crippen molar-refractivity contribution in [1.29, 1.82) is 0 Å². The van der Waals surface area contributed by atoms with Crippen LogP contribution in [-0.2, 0) is 4.79 Å². The summed E-state index contributed by atoms with van der Waals surface area (Å²) in [5.41, 5.74) is 2.05. The van der Waals surface area contributed by atoms with Gasteiger partial charge in [0.15, 0.2) is 11.5 Å². The van der Waals surface area contributed by atoms with Gasteiger partial charge in [-0.15, -0.1) is 0 Å². The minimum atomic E-state index is 0.296. The average molecular weight is 261 g/mol. The van der Waals surface area contributed by atoms with Crippen LogP contribution < -0.4 is 9.47 Å². The Bertz CT molecular complexity index is 508. The Morgan fingerprint density at radius 2 is 1.95 bits per heavy atom. The fourth-order valence-electron chi connectivity index (χ4n) is 2.16. The molecule has 0 aliphatic carbocycles. The molecule has 0 atom stereocenters. The van der Waals surface area contributed by atoms with Gasteiger partial charge in [0.25, 0.3) is 0 Å². The summed E-state index contributed by atoms with van der Waals surface area (Å²) in [6.45, 7) is 0.790. The lowest BCUT2D eigenvalue weighted by atomic mass is 10.0. The van der Waals surface area contributed by atoms with E-state index >= 15 is 0 Å². The van der Waals surface area contributed by atoms with Gasteiger partial charge in [-0.05, 0) is 23.8 Å². The van der Waals surface area contributed by atoms with E-state index in [4.69, 9.17) is 9.47 Å². The van der Waals surface area contributed by atoms with Crippen LogP contribution in [0.4, 0.5) is 0 Å². The van der Waals surface area contributed by atoms with Crippen molar-refractivity contribution in [3.05, 3.63) is 29.5 Å². The summed E-state index contributed by atoms with van der Waals surface area (Å²) in [7, 11) is 5.24. The predicted octanol–water partition coefficient (Wildman–Crippen LogP) is 2.34. The standard InChI is InChI=1S/C15H19NO3/c1-16-7-6-13(17)10-12(16)8-11-4-5-14(18-2)15(9-11)19-3/h4-5,8-9H,6-7,10H2,1-3H3. The van der Waals surface area contributed by atoms with Gasteiger partial charge in [0.05, 0.1) is 14.2 Å². The second kappa shape index (κ2) is 5.78. The zero-order chi connectivity index (χ0) is 13.8. The van der Waals surface area contributed by atoms with Crippen LogP contribution in [0.1, 0.15) is 18.4 Å². The summed E-state index contributed by atoms with van der Waals surface area (Å²) < 4.78 is 10.5. The fraction of sp³-hybridized carbons (Fsp3) is 0.400. The van der Waals surface area contributed by atoms with Crippen LogP contribution >= 0.6 is 0 Å². The number of hydrogen-bond acceptors (Lipinski definition) is 4. The minimum Gasteiger partial charge on any atom is -0.493 e. The first-order valence-corrected chi connectivity index (χ1v) is 6.29. The lowest BCUT2D eigenvalue weighted by Crippen LogP contribution is -2.28. The van der Waals surface area contributed by atoms with Crippen molar-refractivity contribution >= 4 is 11.9 Å². The van der Waals surface area contributed by atoms with E-state index in [-0.39, 0.29) is 0 Å². The van der Waals surface area contributed by atoms with Crippen LogP contribution in [0.2, 0.25) is 0 Å². The first-order valence-electron chi connectivity index (χ1n) is 6.29. The second-order valence-electron chi connectivity index (χ2n) is 4.64. The lowest BCUT2D eigenvalue weighted by molar-refractivity contribution is -0.120. The van der Waals surface area contributed by atoms with Gasteiger partial charge in [-0.2, -0.15) is 0 Å². The first kappa shape index (κ1) is 13.5. The van der Waals surface area contributed by atoms with Crippen LogP contribution in [0.3, 0.4) is 0 Å². The number of piperidine rings is 1. The number of ketones is 1. The number of allylic oxidation sites excluding steroid dienone is 1. The number of ether oxygens (including phenoxy) is 2. The highest BCUT2D eigenvalue weighted by Gasteiger charge is 2.17. The number of Topliss-reactive ketones (excluding diaryl/α,β-unsaturated/α-hetero) is 1. The summed E-state index contributed by atoms with van der Waals surface area (Å²) in [5, 5.41) is 0. The molecule has 1 aliphatic heterocycles. The number of nitrogens with zero attached hydrogens (tertiary/aromatic N) is 1. The molecule has 0 spiro atoms. The number of methoxy groups -OCH3 is 2. The SMILES string of the molecule is COc1ccc(C=C2CC(=O)CCN2C)cc1OC. The molecule has 0 unspecified atom stereocenters. The number of rotatable bonds is 3. The van der Waals surface area contributed by atoms with E-state index in [2.05, 4.69) is 4.90 Å². The molecule has 1 saturated heterocycles. The third-order valence-electron chi connectivity index (χ3n) is 3.34. The Morgan fingerprint density at radius 3 is 2.63 bits per heavy atom. The van der Waals surface area contributed by atoms with Gasteiger partial charge in [0, 0.05) is 32.1 Å². The van der Waals surface area contributed by atoms with Gasteiger partial charge in [0.2, 0.25) is 0 Å². The fourth-order valence-corrected chi connectivity index (χ4v) is 2.16. The molecule has 1 aromatic rings. The summed E-state index contributed by atoms with van der Waals surface area (Å²) in [4.78, 5) is 13.6. The van der Waals surface area contributed by atoms with Crippen molar-refractivity contribution in [3.8, 4) is 11.5 Å². The molecule has 0 radical (unpaired) electrons. The van der Waals surface area contributed by atoms with E-state index in [1.54, 1.807) is 14.2 Å². The van der Waals surface area contributed by atoms with Crippen LogP contribution in [-0.4, -0.2) is 38.5 Å². The van der Waals surface area contributed by atoms with E-state index in [0.29, 0.717) is 30.1 Å². The van der Waals surface area contributed by atoms with E-state index in [0.717, 1.165) is 17.8 Å². The number of hydrogen-bond donors (Lipinski definition) is 0. The maximum absolute atomic E-state index is 11.5. The van der Waals surface area contributed by atoms with E-state index in [9.17, 15) is 4.79 Å². The Hall–Kier alpha value is -1.97. The monoisotopic (exact) mass is 261 g/mol. The molecule has 19 heavy (non-hydrogen) atoms. The van der Waals surface area contributed by atoms with Gasteiger partial charge < -0.3 is 14.4 Å². The first-order chi connectivity index (χ1) is 9.13. The number of benzene rings is 1. The van der Waals surface area contributed by atoms with E-state index < -0.39 is 0 Å². The molecular weight excluding hydrogens is 242 g/mol. The minimum absolute atomic E-state index is 0.296. The number of likely N-dealkylation sites (tertiary alicyclic amines) is 1. The largest absolute Gasteiger partial charge is 0.493 e. The van der Waals surface area contributed by atoms with Gasteiger partial charge >= 0.3 is 0 Å². The molecule has 0 amide bonds. The molecule has 4 heteroatoms. The number of carbonyl (C=O) groups excluding carboxylic acids is 1. The smallest absolute Gasteiger partial charge is 0.161 e.